The molecule has 1 aromatic heterocycles. The topological polar surface area (TPSA) is 55.9 Å². The maximum atomic E-state index is 13.2. The molecule has 1 aromatic carbocycles. The van der Waals surface area contributed by atoms with Gasteiger partial charge in [-0.2, -0.15) is 5.43 Å². The van der Waals surface area contributed by atoms with E-state index in [9.17, 15) is 14.0 Å². The third-order valence-electron chi connectivity index (χ3n) is 5.39. The molecule has 0 bridgehead atoms. The monoisotopic (exact) mass is 418 g/mol. The molecule has 9 heteroatoms. The zero-order valence-corrected chi connectivity index (χ0v) is 16.6. The summed E-state index contributed by atoms with van der Waals surface area (Å²) in [5.41, 5.74) is 4.06. The number of nitrogens with zero attached hydrogens (tertiary/aromatic N) is 3. The second-order valence-corrected chi connectivity index (χ2v) is 9.38. The molecule has 0 aliphatic carbocycles. The van der Waals surface area contributed by atoms with Gasteiger partial charge in [0.15, 0.2) is 6.29 Å². The molecule has 5 rings (SSSR count). The zero-order chi connectivity index (χ0) is 19.3. The Labute approximate surface area is 170 Å². The number of fused-ring (bicyclic) bond motifs is 3. The van der Waals surface area contributed by atoms with Crippen molar-refractivity contribution in [1.82, 2.24) is 20.2 Å². The number of rotatable bonds is 4. The molecule has 3 aliphatic rings. The van der Waals surface area contributed by atoms with Crippen molar-refractivity contribution in [3.63, 3.8) is 0 Å². The van der Waals surface area contributed by atoms with E-state index in [4.69, 9.17) is 0 Å². The van der Waals surface area contributed by atoms with E-state index in [1.807, 2.05) is 22.4 Å². The van der Waals surface area contributed by atoms with E-state index in [-0.39, 0.29) is 29.0 Å². The largest absolute Gasteiger partial charge is 0.337 e. The zero-order valence-electron chi connectivity index (χ0n) is 15.0. The molecule has 146 valence electrons. The molecule has 3 atom stereocenters. The van der Waals surface area contributed by atoms with Crippen LogP contribution >= 0.6 is 23.1 Å². The summed E-state index contributed by atoms with van der Waals surface area (Å²) in [6, 6.07) is 9.88. The Bertz CT molecular complexity index is 892. The van der Waals surface area contributed by atoms with E-state index in [2.05, 4.69) is 5.43 Å². The molecule has 3 aliphatic heterocycles. The molecule has 2 aromatic rings. The van der Waals surface area contributed by atoms with Gasteiger partial charge in [-0.05, 0) is 41.3 Å². The van der Waals surface area contributed by atoms with Crippen molar-refractivity contribution in [2.24, 2.45) is 0 Å². The van der Waals surface area contributed by atoms with Crippen molar-refractivity contribution in [2.45, 2.75) is 37.1 Å². The molecule has 28 heavy (non-hydrogen) atoms. The first-order valence-electron chi connectivity index (χ1n) is 9.17. The molecule has 1 N–H and O–H groups in total. The molecule has 0 saturated carbocycles. The fraction of sp³-hybridized carbons (Fsp3) is 0.368. The summed E-state index contributed by atoms with van der Waals surface area (Å²) in [6.45, 7) is 0.795. The van der Waals surface area contributed by atoms with Crippen LogP contribution in [0, 0.1) is 5.82 Å². The van der Waals surface area contributed by atoms with E-state index >= 15 is 0 Å². The summed E-state index contributed by atoms with van der Waals surface area (Å²) >= 11 is 3.24. The van der Waals surface area contributed by atoms with Crippen LogP contribution in [0.1, 0.15) is 16.9 Å². The van der Waals surface area contributed by atoms with E-state index in [0.717, 1.165) is 22.6 Å². The lowest BCUT2D eigenvalue weighted by molar-refractivity contribution is -0.145. The Morgan fingerprint density at radius 3 is 2.71 bits per heavy atom. The molecule has 0 spiro atoms. The van der Waals surface area contributed by atoms with Crippen LogP contribution in [-0.4, -0.2) is 50.1 Å². The minimum absolute atomic E-state index is 0.0831. The van der Waals surface area contributed by atoms with Crippen molar-refractivity contribution < 1.29 is 14.0 Å². The Morgan fingerprint density at radius 2 is 1.96 bits per heavy atom. The number of halogens is 1. The Balaban J connectivity index is 1.43. The van der Waals surface area contributed by atoms with Crippen LogP contribution in [0.15, 0.2) is 41.8 Å². The van der Waals surface area contributed by atoms with Gasteiger partial charge in [-0.25, -0.2) is 9.18 Å². The summed E-state index contributed by atoms with van der Waals surface area (Å²) in [5.74, 6) is 0.661. The second kappa shape index (κ2) is 7.06. The van der Waals surface area contributed by atoms with Crippen LogP contribution in [0.4, 0.5) is 9.18 Å². The number of nitrogens with one attached hydrogen (secondary N) is 1. The first-order chi connectivity index (χ1) is 13.6. The third-order valence-corrected chi connectivity index (χ3v) is 7.59. The lowest BCUT2D eigenvalue weighted by Gasteiger charge is -2.44. The predicted octanol–water partition coefficient (Wildman–Crippen LogP) is 2.83. The van der Waals surface area contributed by atoms with Gasteiger partial charge in [0.1, 0.15) is 11.1 Å². The number of urea groups is 1. The quantitative estimate of drug-likeness (QED) is 0.830. The van der Waals surface area contributed by atoms with Crippen LogP contribution in [-0.2, 0) is 17.9 Å². The van der Waals surface area contributed by atoms with Crippen molar-refractivity contribution in [1.29, 1.82) is 0 Å². The lowest BCUT2D eigenvalue weighted by Crippen LogP contribution is -2.65. The SMILES string of the molecule is O=C1C2SCCC2N2C(=O)N(Cc3ccc(F)cc3)NC2N1Cc1cccs1. The van der Waals surface area contributed by atoms with Crippen LogP contribution < -0.4 is 5.43 Å². The average Bonchev–Trinajstić information content (AvgIpc) is 3.42. The summed E-state index contributed by atoms with van der Waals surface area (Å²) < 4.78 is 13.2. The van der Waals surface area contributed by atoms with E-state index in [1.54, 1.807) is 40.1 Å². The van der Waals surface area contributed by atoms with Crippen molar-refractivity contribution >= 4 is 35.0 Å². The van der Waals surface area contributed by atoms with Crippen molar-refractivity contribution in [3.05, 3.63) is 58.0 Å². The predicted molar refractivity (Wildman–Crippen MR) is 106 cm³/mol. The Morgan fingerprint density at radius 1 is 1.14 bits per heavy atom. The number of carbonyl (C=O) groups is 2. The van der Waals surface area contributed by atoms with Gasteiger partial charge in [0.2, 0.25) is 5.91 Å². The van der Waals surface area contributed by atoms with E-state index in [0.29, 0.717) is 13.1 Å². The third kappa shape index (κ3) is 2.98. The summed E-state index contributed by atoms with van der Waals surface area (Å²) in [6.07, 6.45) is 0.338. The second-order valence-electron chi connectivity index (χ2n) is 7.10. The Hall–Kier alpha value is -2.10. The van der Waals surface area contributed by atoms with Crippen LogP contribution in [0.25, 0.3) is 0 Å². The van der Waals surface area contributed by atoms with Crippen LogP contribution in [0.2, 0.25) is 0 Å². The van der Waals surface area contributed by atoms with Crippen LogP contribution in [0.3, 0.4) is 0 Å². The highest BCUT2D eigenvalue weighted by Gasteiger charge is 2.55. The van der Waals surface area contributed by atoms with Crippen LogP contribution in [0.5, 0.6) is 0 Å². The number of amides is 3. The fourth-order valence-corrected chi connectivity index (χ4v) is 6.15. The molecule has 4 heterocycles. The number of thioether (sulfide) groups is 1. The Kier molecular flexibility index (Phi) is 4.53. The number of hydrogen-bond donors (Lipinski definition) is 1. The summed E-state index contributed by atoms with van der Waals surface area (Å²) in [7, 11) is 0. The number of thiophene rings is 1. The van der Waals surface area contributed by atoms with Gasteiger partial charge >= 0.3 is 6.03 Å². The molecule has 3 fully saturated rings. The number of hydrogen-bond acceptors (Lipinski definition) is 5. The normalized spacial score (nSPS) is 26.8. The summed E-state index contributed by atoms with van der Waals surface area (Å²) in [5, 5.41) is 3.33. The first kappa shape index (κ1) is 18.0. The van der Waals surface area contributed by atoms with E-state index < -0.39 is 6.29 Å². The average molecular weight is 419 g/mol. The standard InChI is InChI=1S/C19H19FN4O2S2/c20-13-5-3-12(4-6-13)10-23-19(26)24-15-7-9-28-16(15)17(25)22(18(24)21-23)11-14-2-1-8-27-14/h1-6,8,15-16,18,21H,7,9-11H2. The van der Waals surface area contributed by atoms with Gasteiger partial charge in [0, 0.05) is 4.88 Å². The van der Waals surface area contributed by atoms with Gasteiger partial charge < -0.3 is 4.90 Å². The van der Waals surface area contributed by atoms with Gasteiger partial charge in [-0.1, -0.05) is 18.2 Å². The maximum absolute atomic E-state index is 13.2. The highest BCUT2D eigenvalue weighted by Crippen LogP contribution is 2.40. The van der Waals surface area contributed by atoms with Gasteiger partial charge in [0.05, 0.1) is 19.1 Å². The lowest BCUT2D eigenvalue weighted by atomic mass is 10.1. The minimum atomic E-state index is -0.484. The molecule has 3 unspecified atom stereocenters. The van der Waals surface area contributed by atoms with Gasteiger partial charge in [-0.15, -0.1) is 23.1 Å². The maximum Gasteiger partial charge on any atom is 0.337 e. The number of carbonyl (C=O) groups excluding carboxylic acids is 2. The smallest absolute Gasteiger partial charge is 0.302 e. The molecule has 3 saturated heterocycles. The first-order valence-corrected chi connectivity index (χ1v) is 11.1. The van der Waals surface area contributed by atoms with Crippen molar-refractivity contribution in [2.75, 3.05) is 5.75 Å². The number of hydrazine groups is 1. The highest BCUT2D eigenvalue weighted by molar-refractivity contribution is 8.00. The highest BCUT2D eigenvalue weighted by atomic mass is 32.2. The molecule has 3 amide bonds. The molecule has 0 radical (unpaired) electrons. The fourth-order valence-electron chi connectivity index (χ4n) is 4.05. The molecular weight excluding hydrogens is 399 g/mol. The minimum Gasteiger partial charge on any atom is -0.302 e. The number of benzene rings is 1. The molecule has 6 nitrogen and oxygen atoms in total. The van der Waals surface area contributed by atoms with Gasteiger partial charge in [-0.3, -0.25) is 14.7 Å². The van der Waals surface area contributed by atoms with E-state index in [1.165, 1.54) is 17.1 Å². The van der Waals surface area contributed by atoms with Gasteiger partial charge in [0.25, 0.3) is 0 Å². The molecular formula is C19H19FN4O2S2. The van der Waals surface area contributed by atoms with Crippen molar-refractivity contribution in [3.8, 4) is 0 Å². The summed E-state index contributed by atoms with van der Waals surface area (Å²) in [4.78, 5) is 31.0.